The molecule has 0 aliphatic rings. The Balaban J connectivity index is 2.42. The molecule has 2 aromatic carbocycles. The number of carbonyl (C=O) groups is 2. The SMILES string of the molecule is CCNC(=O)[C@H](CC)N(CCc1ccccc1)C(=O)CN(c1cc(Cl)c(Cl)cc1Cl)S(C)(=O)=O. The number of benzene rings is 2. The van der Waals surface area contributed by atoms with Crippen molar-refractivity contribution < 1.29 is 18.0 Å². The third-order valence-corrected chi connectivity index (χ3v) is 7.31. The van der Waals surface area contributed by atoms with Crippen molar-refractivity contribution in [3.8, 4) is 0 Å². The second-order valence-corrected chi connectivity index (χ2v) is 10.8. The summed E-state index contributed by atoms with van der Waals surface area (Å²) < 4.78 is 26.1. The second kappa shape index (κ2) is 12.6. The summed E-state index contributed by atoms with van der Waals surface area (Å²) in [6.45, 7) is 3.67. The Bertz CT molecular complexity index is 1110. The Labute approximate surface area is 216 Å². The van der Waals surface area contributed by atoms with Crippen LogP contribution < -0.4 is 9.62 Å². The van der Waals surface area contributed by atoms with E-state index in [0.717, 1.165) is 16.1 Å². The molecule has 0 spiro atoms. The van der Waals surface area contributed by atoms with Crippen LogP contribution in [0.2, 0.25) is 15.1 Å². The lowest BCUT2D eigenvalue weighted by molar-refractivity contribution is -0.139. The highest BCUT2D eigenvalue weighted by atomic mass is 35.5. The van der Waals surface area contributed by atoms with E-state index in [0.29, 0.717) is 19.4 Å². The highest BCUT2D eigenvalue weighted by Crippen LogP contribution is 2.35. The summed E-state index contributed by atoms with van der Waals surface area (Å²) in [5.74, 6) is -0.841. The van der Waals surface area contributed by atoms with Crippen LogP contribution in [0.4, 0.5) is 5.69 Å². The molecule has 0 unspecified atom stereocenters. The first kappa shape index (κ1) is 28.2. The van der Waals surface area contributed by atoms with Gasteiger partial charge in [-0.05, 0) is 37.5 Å². The molecule has 7 nitrogen and oxygen atoms in total. The third kappa shape index (κ3) is 7.50. The Morgan fingerprint density at radius 1 is 1.00 bits per heavy atom. The van der Waals surface area contributed by atoms with Crippen molar-refractivity contribution in [1.82, 2.24) is 10.2 Å². The molecule has 0 aliphatic heterocycles. The summed E-state index contributed by atoms with van der Waals surface area (Å²) in [4.78, 5) is 27.7. The second-order valence-electron chi connectivity index (χ2n) is 7.63. The minimum absolute atomic E-state index is 0.0271. The number of rotatable bonds is 11. The van der Waals surface area contributed by atoms with Gasteiger partial charge in [0.2, 0.25) is 21.8 Å². The van der Waals surface area contributed by atoms with Gasteiger partial charge >= 0.3 is 0 Å². The van der Waals surface area contributed by atoms with Crippen molar-refractivity contribution in [1.29, 1.82) is 0 Å². The summed E-state index contributed by atoms with van der Waals surface area (Å²) in [6, 6.07) is 11.4. The molecule has 1 N–H and O–H groups in total. The van der Waals surface area contributed by atoms with Crippen molar-refractivity contribution in [3.63, 3.8) is 0 Å². The van der Waals surface area contributed by atoms with Gasteiger partial charge < -0.3 is 10.2 Å². The Morgan fingerprint density at radius 2 is 1.62 bits per heavy atom. The van der Waals surface area contributed by atoms with Crippen LogP contribution in [0, 0.1) is 0 Å². The molecule has 2 rings (SSSR count). The molecule has 2 aromatic rings. The number of nitrogens with one attached hydrogen (secondary N) is 1. The molecule has 0 radical (unpaired) electrons. The van der Waals surface area contributed by atoms with Crippen LogP contribution in [0.15, 0.2) is 42.5 Å². The van der Waals surface area contributed by atoms with E-state index in [2.05, 4.69) is 5.32 Å². The lowest BCUT2D eigenvalue weighted by atomic mass is 10.1. The summed E-state index contributed by atoms with van der Waals surface area (Å²) in [7, 11) is -3.93. The fourth-order valence-electron chi connectivity index (χ4n) is 3.49. The maximum Gasteiger partial charge on any atom is 0.244 e. The number of nitrogens with zero attached hydrogens (tertiary/aromatic N) is 2. The van der Waals surface area contributed by atoms with Crippen LogP contribution in [0.1, 0.15) is 25.8 Å². The van der Waals surface area contributed by atoms with Crippen molar-refractivity contribution in [3.05, 3.63) is 63.1 Å². The van der Waals surface area contributed by atoms with Gasteiger partial charge in [-0.25, -0.2) is 8.42 Å². The van der Waals surface area contributed by atoms with Crippen molar-refractivity contribution in [2.45, 2.75) is 32.7 Å². The molecule has 2 amide bonds. The summed E-state index contributed by atoms with van der Waals surface area (Å²) in [5.41, 5.74) is 1.01. The zero-order valence-electron chi connectivity index (χ0n) is 19.2. The molecular formula is C23H28Cl3N3O4S. The van der Waals surface area contributed by atoms with E-state index in [-0.39, 0.29) is 33.2 Å². The van der Waals surface area contributed by atoms with Gasteiger partial charge in [-0.1, -0.05) is 72.1 Å². The number of anilines is 1. The maximum absolute atomic E-state index is 13.5. The number of likely N-dealkylation sites (N-methyl/N-ethyl adjacent to an activating group) is 1. The molecule has 1 atom stereocenters. The van der Waals surface area contributed by atoms with E-state index < -0.39 is 28.5 Å². The minimum atomic E-state index is -3.93. The number of sulfonamides is 1. The van der Waals surface area contributed by atoms with Gasteiger partial charge in [0.15, 0.2) is 0 Å². The van der Waals surface area contributed by atoms with Crippen molar-refractivity contribution in [2.24, 2.45) is 0 Å². The lowest BCUT2D eigenvalue weighted by Gasteiger charge is -2.33. The van der Waals surface area contributed by atoms with Gasteiger partial charge in [0.1, 0.15) is 12.6 Å². The number of halogens is 3. The largest absolute Gasteiger partial charge is 0.355 e. The van der Waals surface area contributed by atoms with Gasteiger partial charge in [0, 0.05) is 13.1 Å². The Morgan fingerprint density at radius 3 is 2.18 bits per heavy atom. The van der Waals surface area contributed by atoms with Crippen molar-refractivity contribution in [2.75, 3.05) is 30.2 Å². The van der Waals surface area contributed by atoms with Gasteiger partial charge in [0.25, 0.3) is 0 Å². The average molecular weight is 549 g/mol. The first-order chi connectivity index (χ1) is 16.0. The van der Waals surface area contributed by atoms with Gasteiger partial charge in [-0.15, -0.1) is 0 Å². The van der Waals surface area contributed by atoms with Gasteiger partial charge in [0.05, 0.1) is 27.0 Å². The number of hydrogen-bond donors (Lipinski definition) is 1. The topological polar surface area (TPSA) is 86.8 Å². The summed E-state index contributed by atoms with van der Waals surface area (Å²) in [5, 5.41) is 3.03. The summed E-state index contributed by atoms with van der Waals surface area (Å²) in [6.07, 6.45) is 1.82. The zero-order chi connectivity index (χ0) is 25.5. The maximum atomic E-state index is 13.5. The minimum Gasteiger partial charge on any atom is -0.355 e. The smallest absolute Gasteiger partial charge is 0.244 e. The number of carbonyl (C=O) groups excluding carboxylic acids is 2. The average Bonchev–Trinajstić information content (AvgIpc) is 2.77. The predicted octanol–water partition coefficient (Wildman–Crippen LogP) is 4.40. The molecule has 0 saturated carbocycles. The van der Waals surface area contributed by atoms with Crippen LogP contribution in [-0.2, 0) is 26.0 Å². The van der Waals surface area contributed by atoms with Gasteiger partial charge in [-0.2, -0.15) is 0 Å². The van der Waals surface area contributed by atoms with E-state index in [9.17, 15) is 18.0 Å². The molecule has 0 aromatic heterocycles. The molecule has 0 saturated heterocycles. The highest BCUT2D eigenvalue weighted by molar-refractivity contribution is 7.92. The monoisotopic (exact) mass is 547 g/mol. The van der Waals surface area contributed by atoms with Crippen LogP contribution >= 0.6 is 34.8 Å². The zero-order valence-corrected chi connectivity index (χ0v) is 22.3. The summed E-state index contributed by atoms with van der Waals surface area (Å²) >= 11 is 18.3. The fraction of sp³-hybridized carbons (Fsp3) is 0.391. The van der Waals surface area contributed by atoms with Crippen LogP contribution in [-0.4, -0.2) is 57.1 Å². The van der Waals surface area contributed by atoms with Crippen LogP contribution in [0.3, 0.4) is 0 Å². The molecule has 11 heteroatoms. The predicted molar refractivity (Wildman–Crippen MR) is 138 cm³/mol. The Kier molecular flexibility index (Phi) is 10.5. The molecule has 186 valence electrons. The first-order valence-corrected chi connectivity index (χ1v) is 13.7. The van der Waals surface area contributed by atoms with E-state index in [1.807, 2.05) is 30.3 Å². The van der Waals surface area contributed by atoms with E-state index >= 15 is 0 Å². The van der Waals surface area contributed by atoms with E-state index in [1.54, 1.807) is 13.8 Å². The molecule has 0 fully saturated rings. The lowest BCUT2D eigenvalue weighted by Crippen LogP contribution is -2.53. The number of hydrogen-bond acceptors (Lipinski definition) is 4. The highest BCUT2D eigenvalue weighted by Gasteiger charge is 2.32. The normalized spacial score (nSPS) is 12.2. The molecule has 0 aliphatic carbocycles. The Hall–Kier alpha value is -2.00. The van der Waals surface area contributed by atoms with Crippen LogP contribution in [0.25, 0.3) is 0 Å². The molecular weight excluding hydrogens is 521 g/mol. The third-order valence-electron chi connectivity index (χ3n) is 5.16. The standard InChI is InChI=1S/C23H28Cl3N3O4S/c1-4-20(23(31)27-5-2)28(12-11-16-9-7-6-8-10-16)22(30)15-29(34(3,32)33)21-14-18(25)17(24)13-19(21)26/h6-10,13-14,20H,4-5,11-12,15H2,1-3H3,(H,27,31)/t20-/m0/s1. The van der Waals surface area contributed by atoms with Gasteiger partial charge in [-0.3, -0.25) is 13.9 Å². The number of amides is 2. The van der Waals surface area contributed by atoms with E-state index in [1.165, 1.54) is 17.0 Å². The quantitative estimate of drug-likeness (QED) is 0.422. The molecule has 34 heavy (non-hydrogen) atoms. The van der Waals surface area contributed by atoms with Crippen molar-refractivity contribution >= 4 is 62.3 Å². The molecule has 0 heterocycles. The molecule has 0 bridgehead atoms. The fourth-order valence-corrected chi connectivity index (χ4v) is 5.03. The first-order valence-electron chi connectivity index (χ1n) is 10.7. The van der Waals surface area contributed by atoms with E-state index in [4.69, 9.17) is 34.8 Å². The van der Waals surface area contributed by atoms with Crippen LogP contribution in [0.5, 0.6) is 0 Å².